The normalized spacial score (nSPS) is 26.8. The molecule has 6 atom stereocenters. The van der Waals surface area contributed by atoms with E-state index in [0.717, 1.165) is 33.6 Å². The summed E-state index contributed by atoms with van der Waals surface area (Å²) in [5, 5.41) is 11.8. The molecule has 0 unspecified atom stereocenters. The van der Waals surface area contributed by atoms with E-state index in [0.29, 0.717) is 26.9 Å². The standard InChI is InChI=1S/C35H27Cl2F3N2O6/c1-15-3-5-17(11-25(15)36)41-31(44)21-9-8-20-22(29(21)33(41)46)14-24-30(28(20)23-13-19(7-10-27(23)43)48-35(38,39)40)34(47)42(32(24)45)18-6-4-16(2)26(37)12-18/h3-8,10-13,21-22,24,28-30,43H,9,14H2,1-2H3/t21-,22+,24+,28+,29-,30+/m0/s1. The van der Waals surface area contributed by atoms with Crippen LogP contribution in [-0.4, -0.2) is 35.1 Å². The highest BCUT2D eigenvalue weighted by molar-refractivity contribution is 6.33. The Hall–Kier alpha value is -4.35. The van der Waals surface area contributed by atoms with Crippen molar-refractivity contribution < 1.29 is 42.2 Å². The molecule has 2 saturated heterocycles. The van der Waals surface area contributed by atoms with Crippen molar-refractivity contribution in [3.8, 4) is 11.5 Å². The fraction of sp³-hybridized carbons (Fsp3) is 0.314. The molecule has 2 heterocycles. The number of ether oxygens (including phenoxy) is 1. The van der Waals surface area contributed by atoms with Gasteiger partial charge in [-0.1, -0.05) is 47.0 Å². The first-order valence-corrected chi connectivity index (χ1v) is 16.0. The number of nitrogens with zero attached hydrogens (tertiary/aromatic N) is 2. The van der Waals surface area contributed by atoms with Gasteiger partial charge in [-0.05, 0) is 86.2 Å². The van der Waals surface area contributed by atoms with E-state index in [4.69, 9.17) is 23.2 Å². The number of aryl methyl sites for hydroxylation is 2. The van der Waals surface area contributed by atoms with Crippen molar-refractivity contribution in [2.24, 2.45) is 29.6 Å². The molecular weight excluding hydrogens is 672 g/mol. The third-order valence-corrected chi connectivity index (χ3v) is 10.9. The molecule has 3 aromatic carbocycles. The summed E-state index contributed by atoms with van der Waals surface area (Å²) in [7, 11) is 0. The number of aromatic hydroxyl groups is 1. The maximum atomic E-state index is 14.3. The van der Waals surface area contributed by atoms with Crippen molar-refractivity contribution in [1.29, 1.82) is 0 Å². The third-order valence-electron chi connectivity index (χ3n) is 10.0. The lowest BCUT2D eigenvalue weighted by Gasteiger charge is -2.44. The van der Waals surface area contributed by atoms with Crippen LogP contribution in [0.1, 0.15) is 35.4 Å². The first-order valence-electron chi connectivity index (χ1n) is 15.2. The summed E-state index contributed by atoms with van der Waals surface area (Å²) in [5.74, 6) is -8.91. The summed E-state index contributed by atoms with van der Waals surface area (Å²) in [6, 6.07) is 12.6. The average Bonchev–Trinajstić information content (AvgIpc) is 3.43. The third kappa shape index (κ3) is 5.06. The predicted molar refractivity (Wildman–Crippen MR) is 170 cm³/mol. The summed E-state index contributed by atoms with van der Waals surface area (Å²) in [4.78, 5) is 58.5. The van der Waals surface area contributed by atoms with E-state index in [1.54, 1.807) is 44.2 Å². The average molecular weight is 700 g/mol. The lowest BCUT2D eigenvalue weighted by Crippen LogP contribution is -2.43. The van der Waals surface area contributed by atoms with Crippen LogP contribution in [-0.2, 0) is 19.2 Å². The Morgan fingerprint density at radius 2 is 1.31 bits per heavy atom. The monoisotopic (exact) mass is 698 g/mol. The number of hydrogen-bond acceptors (Lipinski definition) is 6. The zero-order valence-electron chi connectivity index (χ0n) is 25.4. The number of hydrogen-bond donors (Lipinski definition) is 1. The molecule has 4 aliphatic rings. The Morgan fingerprint density at radius 3 is 1.88 bits per heavy atom. The van der Waals surface area contributed by atoms with Crippen molar-refractivity contribution in [3.63, 3.8) is 0 Å². The van der Waals surface area contributed by atoms with E-state index >= 15 is 0 Å². The van der Waals surface area contributed by atoms with Crippen molar-refractivity contribution in [2.45, 2.75) is 39.0 Å². The number of fused-ring (bicyclic) bond motifs is 4. The lowest BCUT2D eigenvalue weighted by atomic mass is 9.57. The second kappa shape index (κ2) is 11.4. The summed E-state index contributed by atoms with van der Waals surface area (Å²) in [5.41, 5.74) is 2.41. The Labute approximate surface area is 282 Å². The van der Waals surface area contributed by atoms with Crippen LogP contribution < -0.4 is 14.5 Å². The quantitative estimate of drug-likeness (QED) is 0.227. The molecule has 0 radical (unpaired) electrons. The van der Waals surface area contributed by atoms with E-state index in [2.05, 4.69) is 4.74 Å². The molecule has 0 spiro atoms. The van der Waals surface area contributed by atoms with Crippen LogP contribution in [0, 0.1) is 43.4 Å². The van der Waals surface area contributed by atoms with E-state index in [1.165, 1.54) is 12.1 Å². The van der Waals surface area contributed by atoms with Crippen LogP contribution in [0.4, 0.5) is 24.5 Å². The largest absolute Gasteiger partial charge is 0.573 e. The molecule has 13 heteroatoms. The molecule has 1 N–H and O–H groups in total. The fourth-order valence-corrected chi connectivity index (χ4v) is 8.22. The molecule has 7 rings (SSSR count). The van der Waals surface area contributed by atoms with Crippen LogP contribution >= 0.6 is 23.2 Å². The van der Waals surface area contributed by atoms with Crippen LogP contribution in [0.25, 0.3) is 0 Å². The maximum absolute atomic E-state index is 14.3. The highest BCUT2D eigenvalue weighted by Crippen LogP contribution is 2.59. The molecule has 3 aromatic rings. The van der Waals surface area contributed by atoms with Gasteiger partial charge in [0.25, 0.3) is 0 Å². The number of rotatable bonds is 4. The molecule has 3 fully saturated rings. The molecule has 2 aliphatic carbocycles. The number of phenolic OH excluding ortho intramolecular Hbond substituents is 1. The summed E-state index contributed by atoms with van der Waals surface area (Å²) in [6.07, 6.45) is -3.19. The highest BCUT2D eigenvalue weighted by atomic mass is 35.5. The van der Waals surface area contributed by atoms with Gasteiger partial charge in [0.1, 0.15) is 11.5 Å². The molecule has 48 heavy (non-hydrogen) atoms. The van der Waals surface area contributed by atoms with Gasteiger partial charge in [0.15, 0.2) is 0 Å². The van der Waals surface area contributed by atoms with Gasteiger partial charge in [-0.2, -0.15) is 0 Å². The van der Waals surface area contributed by atoms with Crippen molar-refractivity contribution in [1.82, 2.24) is 0 Å². The minimum Gasteiger partial charge on any atom is -0.508 e. The summed E-state index contributed by atoms with van der Waals surface area (Å²) < 4.78 is 44.0. The SMILES string of the molecule is Cc1ccc(N2C(=O)[C@H]3[C@H](CC=C4[C@H]3C[C@H]3C(=O)N(c5ccc(C)c(Cl)c5)C(=O)[C@H]3[C@H]4c3cc(OC(F)(F)F)ccc3O)C2=O)cc1Cl. The van der Waals surface area contributed by atoms with E-state index in [-0.39, 0.29) is 24.1 Å². The Balaban J connectivity index is 1.36. The fourth-order valence-electron chi connectivity index (χ4n) is 7.87. The molecule has 4 amide bonds. The first-order chi connectivity index (χ1) is 22.7. The van der Waals surface area contributed by atoms with Gasteiger partial charge in [0.2, 0.25) is 23.6 Å². The molecular formula is C35H27Cl2F3N2O6. The van der Waals surface area contributed by atoms with Crippen LogP contribution in [0.5, 0.6) is 11.5 Å². The number of phenols is 1. The molecule has 2 aliphatic heterocycles. The molecule has 8 nitrogen and oxygen atoms in total. The zero-order valence-corrected chi connectivity index (χ0v) is 26.9. The number of benzene rings is 3. The maximum Gasteiger partial charge on any atom is 0.573 e. The number of halogens is 5. The Bertz CT molecular complexity index is 1960. The summed E-state index contributed by atoms with van der Waals surface area (Å²) >= 11 is 12.7. The number of allylic oxidation sites excluding steroid dienone is 2. The number of carbonyl (C=O) groups excluding carboxylic acids is 4. The number of amides is 4. The second-order valence-corrected chi connectivity index (χ2v) is 13.5. The van der Waals surface area contributed by atoms with Gasteiger partial charge in [-0.15, -0.1) is 13.2 Å². The molecule has 248 valence electrons. The summed E-state index contributed by atoms with van der Waals surface area (Å²) in [6.45, 7) is 3.54. The molecule has 0 aromatic heterocycles. The van der Waals surface area contributed by atoms with Gasteiger partial charge in [0, 0.05) is 21.5 Å². The Kier molecular flexibility index (Phi) is 7.63. The first kappa shape index (κ1) is 32.2. The van der Waals surface area contributed by atoms with Gasteiger partial charge < -0.3 is 9.84 Å². The molecule has 1 saturated carbocycles. The Morgan fingerprint density at radius 1 is 0.750 bits per heavy atom. The lowest BCUT2D eigenvalue weighted by molar-refractivity contribution is -0.274. The van der Waals surface area contributed by atoms with Crippen LogP contribution in [0.15, 0.2) is 66.2 Å². The van der Waals surface area contributed by atoms with E-state index in [9.17, 15) is 37.5 Å². The van der Waals surface area contributed by atoms with Crippen molar-refractivity contribution >= 4 is 58.2 Å². The number of alkyl halides is 3. The van der Waals surface area contributed by atoms with Gasteiger partial charge in [0.05, 0.1) is 35.0 Å². The topological polar surface area (TPSA) is 104 Å². The minimum atomic E-state index is -5.04. The predicted octanol–water partition coefficient (Wildman–Crippen LogP) is 7.26. The highest BCUT2D eigenvalue weighted by Gasteiger charge is 2.62. The zero-order chi connectivity index (χ0) is 34.4. The number of carbonyl (C=O) groups is 4. The van der Waals surface area contributed by atoms with E-state index < -0.39 is 77.0 Å². The number of imide groups is 2. The number of anilines is 2. The van der Waals surface area contributed by atoms with Crippen molar-refractivity contribution in [2.75, 3.05) is 9.80 Å². The van der Waals surface area contributed by atoms with Crippen LogP contribution in [0.2, 0.25) is 10.0 Å². The minimum absolute atomic E-state index is 0.0237. The van der Waals surface area contributed by atoms with Crippen LogP contribution in [0.3, 0.4) is 0 Å². The van der Waals surface area contributed by atoms with Gasteiger partial charge in [-0.3, -0.25) is 19.2 Å². The van der Waals surface area contributed by atoms with Gasteiger partial charge >= 0.3 is 6.36 Å². The smallest absolute Gasteiger partial charge is 0.508 e. The van der Waals surface area contributed by atoms with E-state index in [1.807, 2.05) is 0 Å². The second-order valence-electron chi connectivity index (χ2n) is 12.7. The molecule has 0 bridgehead atoms. The van der Waals surface area contributed by atoms with Gasteiger partial charge in [-0.25, -0.2) is 9.80 Å². The van der Waals surface area contributed by atoms with Crippen molar-refractivity contribution in [3.05, 3.63) is 93.0 Å².